The molecule has 1 fully saturated rings. The summed E-state index contributed by atoms with van der Waals surface area (Å²) in [5.41, 5.74) is 2.92. The summed E-state index contributed by atoms with van der Waals surface area (Å²) in [6, 6.07) is 9.81. The normalized spacial score (nSPS) is 19.9. The Labute approximate surface area is 143 Å². The Bertz CT molecular complexity index is 707. The molecule has 1 aromatic carbocycles. The van der Waals surface area contributed by atoms with Gasteiger partial charge in [0, 0.05) is 25.2 Å². The van der Waals surface area contributed by atoms with Crippen LogP contribution in [0, 0.1) is 6.92 Å². The number of aliphatic hydroxyl groups excluding tert-OH is 1. The molecule has 0 bridgehead atoms. The number of aromatic nitrogens is 3. The maximum Gasteiger partial charge on any atom is 0.147 e. The topological polar surface area (TPSA) is 54.2 Å². The van der Waals surface area contributed by atoms with Crippen LogP contribution in [0.15, 0.2) is 24.3 Å². The first-order valence-corrected chi connectivity index (χ1v) is 9.11. The standard InChI is InChI=1S/C19H26N4O/c1-14-20-21-19(23(14)16-8-9-16)13-22(11-4-12-24)18-10-7-15-5-2-3-6-17(15)18/h2-3,5-6,16,18,24H,4,7-13H2,1H3. The van der Waals surface area contributed by atoms with Crippen molar-refractivity contribution in [1.29, 1.82) is 0 Å². The average Bonchev–Trinajstić information content (AvgIpc) is 3.23. The third kappa shape index (κ3) is 2.98. The van der Waals surface area contributed by atoms with Crippen molar-refractivity contribution in [3.05, 3.63) is 47.0 Å². The fourth-order valence-electron chi connectivity index (χ4n) is 4.04. The summed E-state index contributed by atoms with van der Waals surface area (Å²) < 4.78 is 2.33. The molecule has 5 heteroatoms. The molecule has 5 nitrogen and oxygen atoms in total. The van der Waals surface area contributed by atoms with Crippen LogP contribution in [0.3, 0.4) is 0 Å². The number of aliphatic hydroxyl groups is 1. The molecule has 2 aromatic rings. The summed E-state index contributed by atoms with van der Waals surface area (Å²) in [7, 11) is 0. The van der Waals surface area contributed by atoms with Crippen molar-refractivity contribution in [2.75, 3.05) is 13.2 Å². The Balaban J connectivity index is 1.59. The van der Waals surface area contributed by atoms with Crippen LogP contribution >= 0.6 is 0 Å². The van der Waals surface area contributed by atoms with Crippen LogP contribution in [0.2, 0.25) is 0 Å². The van der Waals surface area contributed by atoms with Gasteiger partial charge in [0.1, 0.15) is 11.6 Å². The highest BCUT2D eigenvalue weighted by atomic mass is 16.3. The minimum atomic E-state index is 0.235. The van der Waals surface area contributed by atoms with Crippen molar-refractivity contribution in [2.24, 2.45) is 0 Å². The van der Waals surface area contributed by atoms with Crippen molar-refractivity contribution < 1.29 is 5.11 Å². The van der Waals surface area contributed by atoms with Gasteiger partial charge in [-0.25, -0.2) is 0 Å². The van der Waals surface area contributed by atoms with Crippen molar-refractivity contribution in [3.63, 3.8) is 0 Å². The van der Waals surface area contributed by atoms with Gasteiger partial charge >= 0.3 is 0 Å². The molecule has 1 saturated carbocycles. The highest BCUT2D eigenvalue weighted by molar-refractivity contribution is 5.34. The van der Waals surface area contributed by atoms with Crippen LogP contribution in [0.1, 0.15) is 60.5 Å². The summed E-state index contributed by atoms with van der Waals surface area (Å²) in [5, 5.41) is 18.1. The lowest BCUT2D eigenvalue weighted by atomic mass is 10.1. The van der Waals surface area contributed by atoms with E-state index in [1.807, 2.05) is 0 Å². The SMILES string of the molecule is Cc1nnc(CN(CCCO)C2CCc3ccccc32)n1C1CC1. The van der Waals surface area contributed by atoms with Gasteiger partial charge in [-0.15, -0.1) is 10.2 Å². The first-order valence-electron chi connectivity index (χ1n) is 9.11. The Morgan fingerprint density at radius 1 is 1.21 bits per heavy atom. The minimum Gasteiger partial charge on any atom is -0.396 e. The maximum atomic E-state index is 9.32. The number of rotatable bonds is 7. The molecule has 0 amide bonds. The van der Waals surface area contributed by atoms with Crippen molar-refractivity contribution in [2.45, 2.75) is 57.7 Å². The highest BCUT2D eigenvalue weighted by Crippen LogP contribution is 2.39. The van der Waals surface area contributed by atoms with E-state index in [0.29, 0.717) is 12.1 Å². The lowest BCUT2D eigenvalue weighted by Gasteiger charge is -2.29. The smallest absolute Gasteiger partial charge is 0.147 e. The molecule has 2 aliphatic rings. The number of benzene rings is 1. The first-order chi connectivity index (χ1) is 11.8. The van der Waals surface area contributed by atoms with E-state index in [1.165, 1.54) is 24.0 Å². The summed E-state index contributed by atoms with van der Waals surface area (Å²) in [6.45, 7) is 4.00. The summed E-state index contributed by atoms with van der Waals surface area (Å²) in [5.74, 6) is 2.11. The van der Waals surface area contributed by atoms with Gasteiger partial charge < -0.3 is 9.67 Å². The van der Waals surface area contributed by atoms with Gasteiger partial charge in [-0.2, -0.15) is 0 Å². The average molecular weight is 326 g/mol. The van der Waals surface area contributed by atoms with Crippen LogP contribution in [0.25, 0.3) is 0 Å². The quantitative estimate of drug-likeness (QED) is 0.850. The second-order valence-electron chi connectivity index (χ2n) is 7.07. The fourth-order valence-corrected chi connectivity index (χ4v) is 4.04. The maximum absolute atomic E-state index is 9.32. The zero-order chi connectivity index (χ0) is 16.5. The lowest BCUT2D eigenvalue weighted by molar-refractivity contribution is 0.160. The van der Waals surface area contributed by atoms with E-state index >= 15 is 0 Å². The van der Waals surface area contributed by atoms with Gasteiger partial charge in [-0.3, -0.25) is 4.90 Å². The van der Waals surface area contributed by atoms with E-state index in [1.54, 1.807) is 0 Å². The molecule has 0 spiro atoms. The van der Waals surface area contributed by atoms with E-state index in [4.69, 9.17) is 0 Å². The van der Waals surface area contributed by atoms with Crippen LogP contribution < -0.4 is 0 Å². The van der Waals surface area contributed by atoms with Crippen LogP contribution in [-0.2, 0) is 13.0 Å². The number of hydrogen-bond donors (Lipinski definition) is 1. The molecule has 0 aliphatic heterocycles. The van der Waals surface area contributed by atoms with E-state index in [9.17, 15) is 5.11 Å². The van der Waals surface area contributed by atoms with E-state index in [0.717, 1.165) is 44.0 Å². The zero-order valence-electron chi connectivity index (χ0n) is 14.4. The van der Waals surface area contributed by atoms with Gasteiger partial charge in [0.25, 0.3) is 0 Å². The third-order valence-corrected chi connectivity index (χ3v) is 5.34. The molecule has 1 atom stereocenters. The molecule has 1 unspecified atom stereocenters. The highest BCUT2D eigenvalue weighted by Gasteiger charge is 2.32. The number of hydrogen-bond acceptors (Lipinski definition) is 4. The van der Waals surface area contributed by atoms with Gasteiger partial charge in [0.2, 0.25) is 0 Å². The predicted octanol–water partition coefficient (Wildman–Crippen LogP) is 2.79. The summed E-state index contributed by atoms with van der Waals surface area (Å²) in [6.07, 6.45) is 5.59. The van der Waals surface area contributed by atoms with Crippen LogP contribution in [-0.4, -0.2) is 37.9 Å². The van der Waals surface area contributed by atoms with Gasteiger partial charge in [-0.1, -0.05) is 24.3 Å². The van der Waals surface area contributed by atoms with Gasteiger partial charge in [0.15, 0.2) is 0 Å². The second kappa shape index (κ2) is 6.65. The zero-order valence-corrected chi connectivity index (χ0v) is 14.4. The van der Waals surface area contributed by atoms with E-state index in [2.05, 4.69) is 50.9 Å². The molecule has 0 radical (unpaired) electrons. The molecule has 1 aromatic heterocycles. The molecule has 1 heterocycles. The Hall–Kier alpha value is -1.72. The Kier molecular flexibility index (Phi) is 4.37. The molecule has 4 rings (SSSR count). The lowest BCUT2D eigenvalue weighted by Crippen LogP contribution is -2.30. The second-order valence-corrected chi connectivity index (χ2v) is 7.07. The fraction of sp³-hybridized carbons (Fsp3) is 0.579. The minimum absolute atomic E-state index is 0.235. The molecule has 1 N–H and O–H groups in total. The number of nitrogens with zero attached hydrogens (tertiary/aromatic N) is 4. The molecule has 128 valence electrons. The number of fused-ring (bicyclic) bond motifs is 1. The van der Waals surface area contributed by atoms with Crippen LogP contribution in [0.4, 0.5) is 0 Å². The summed E-state index contributed by atoms with van der Waals surface area (Å²) >= 11 is 0. The Morgan fingerprint density at radius 3 is 2.83 bits per heavy atom. The van der Waals surface area contributed by atoms with Gasteiger partial charge in [0.05, 0.1) is 6.54 Å². The molecule has 24 heavy (non-hydrogen) atoms. The molecular weight excluding hydrogens is 300 g/mol. The predicted molar refractivity (Wildman–Crippen MR) is 92.6 cm³/mol. The van der Waals surface area contributed by atoms with Crippen molar-refractivity contribution >= 4 is 0 Å². The summed E-state index contributed by atoms with van der Waals surface area (Å²) in [4.78, 5) is 2.49. The molecule has 0 saturated heterocycles. The van der Waals surface area contributed by atoms with E-state index < -0.39 is 0 Å². The van der Waals surface area contributed by atoms with Crippen molar-refractivity contribution in [1.82, 2.24) is 19.7 Å². The van der Waals surface area contributed by atoms with Gasteiger partial charge in [-0.05, 0) is 50.2 Å². The first kappa shape index (κ1) is 15.8. The largest absolute Gasteiger partial charge is 0.396 e. The Morgan fingerprint density at radius 2 is 2.04 bits per heavy atom. The molecule has 2 aliphatic carbocycles. The third-order valence-electron chi connectivity index (χ3n) is 5.34. The van der Waals surface area contributed by atoms with Crippen molar-refractivity contribution in [3.8, 4) is 0 Å². The molecular formula is C19H26N4O. The monoisotopic (exact) mass is 326 g/mol. The number of aryl methyl sites for hydroxylation is 2. The van der Waals surface area contributed by atoms with E-state index in [-0.39, 0.29) is 6.61 Å². The van der Waals surface area contributed by atoms with Crippen LogP contribution in [0.5, 0.6) is 0 Å².